The molecule has 2 aliphatic heterocycles. The molecule has 1 aliphatic carbocycles. The summed E-state index contributed by atoms with van der Waals surface area (Å²) in [5.41, 5.74) is 0. The summed E-state index contributed by atoms with van der Waals surface area (Å²) in [6.45, 7) is -0.678. The van der Waals surface area contributed by atoms with E-state index in [1.807, 2.05) is 0 Å². The highest BCUT2D eigenvalue weighted by atomic mass is 32.2. The zero-order chi connectivity index (χ0) is 33.7. The second-order valence-corrected chi connectivity index (χ2v) is 14.6. The Bertz CT molecular complexity index is 1010. The van der Waals surface area contributed by atoms with Gasteiger partial charge in [-0.1, -0.05) is 0 Å². The molecule has 272 valence electrons. The molecule has 0 aromatic heterocycles. The number of nitrogens with one attached hydrogen (secondary N) is 12. The molecule has 18 N–H and O–H groups in total. The Morgan fingerprint density at radius 3 is 1.15 bits per heavy atom. The van der Waals surface area contributed by atoms with Crippen LogP contribution in [0.2, 0.25) is 0 Å². The van der Waals surface area contributed by atoms with E-state index in [9.17, 15) is 27.0 Å². The summed E-state index contributed by atoms with van der Waals surface area (Å²) >= 11 is 0. The molecule has 2 saturated heterocycles. The van der Waals surface area contributed by atoms with E-state index in [2.05, 4.69) is 63.8 Å². The molecule has 0 aromatic rings. The molecule has 0 bridgehead atoms. The number of hydrogen-bond donors (Lipinski definition) is 18. The van der Waals surface area contributed by atoms with Crippen LogP contribution in [0.5, 0.6) is 0 Å². The van der Waals surface area contributed by atoms with Crippen LogP contribution in [0.3, 0.4) is 0 Å². The Labute approximate surface area is 268 Å². The molecule has 3 fully saturated rings. The lowest BCUT2D eigenvalue weighted by atomic mass is 9.91. The van der Waals surface area contributed by atoms with Crippen molar-refractivity contribution in [1.82, 2.24) is 63.8 Å². The van der Waals surface area contributed by atoms with Crippen molar-refractivity contribution in [3.63, 3.8) is 0 Å². The molecular weight excluding hydrogens is 656 g/mol. The molecular formula is C22H52N12O10S2. The van der Waals surface area contributed by atoms with Gasteiger partial charge in [0.1, 0.15) is 37.7 Å². The first kappa shape index (κ1) is 39.6. The smallest absolute Gasteiger partial charge is 0.266 e. The predicted octanol–water partition coefficient (Wildman–Crippen LogP) is -8.42. The van der Waals surface area contributed by atoms with Crippen LogP contribution in [-0.4, -0.2) is 159 Å². The maximum atomic E-state index is 11.1. The van der Waals surface area contributed by atoms with Crippen molar-refractivity contribution in [2.24, 2.45) is 0 Å². The average molecular weight is 709 g/mol. The summed E-state index contributed by atoms with van der Waals surface area (Å²) in [6, 6.07) is 0.225. The molecule has 22 nitrogen and oxygen atoms in total. The molecule has 3 rings (SSSR count). The van der Waals surface area contributed by atoms with Crippen LogP contribution in [0.1, 0.15) is 25.7 Å². The highest BCUT2D eigenvalue weighted by Gasteiger charge is 2.32. The maximum absolute atomic E-state index is 11.1. The van der Waals surface area contributed by atoms with E-state index in [0.29, 0.717) is 0 Å². The zero-order valence-corrected chi connectivity index (χ0v) is 27.0. The van der Waals surface area contributed by atoms with Gasteiger partial charge in [-0.25, -0.2) is 0 Å². The largest absolute Gasteiger partial charge is 0.394 e. The van der Waals surface area contributed by atoms with Crippen LogP contribution < -0.4 is 63.8 Å². The SMILES string of the molecule is O=S(=O)(O)CCNC1NC(NCC(O)CO)NC(NC2CCC(NC3NC(NCCS(=O)(=O)O)NC(NCC(O)CO)N3)CC2)N1. The Kier molecular flexibility index (Phi) is 16.7. The third-order valence-electron chi connectivity index (χ3n) is 7.49. The van der Waals surface area contributed by atoms with Crippen LogP contribution in [0, 0.1) is 0 Å². The minimum atomic E-state index is -4.14. The summed E-state index contributed by atoms with van der Waals surface area (Å²) in [6.07, 6.45) is -1.72. The molecule has 2 heterocycles. The molecule has 0 radical (unpaired) electrons. The Hall–Kier alpha value is -0.820. The highest BCUT2D eigenvalue weighted by molar-refractivity contribution is 7.86. The second-order valence-electron chi connectivity index (χ2n) is 11.4. The van der Waals surface area contributed by atoms with Crippen molar-refractivity contribution in [1.29, 1.82) is 0 Å². The van der Waals surface area contributed by atoms with Gasteiger partial charge in [-0.15, -0.1) is 0 Å². The lowest BCUT2D eigenvalue weighted by Gasteiger charge is -2.43. The normalized spacial score (nSPS) is 32.7. The maximum Gasteiger partial charge on any atom is 0.266 e. The van der Waals surface area contributed by atoms with Crippen molar-refractivity contribution < 1.29 is 46.4 Å². The molecule has 0 amide bonds. The number of rotatable bonds is 20. The molecule has 0 aromatic carbocycles. The predicted molar refractivity (Wildman–Crippen MR) is 165 cm³/mol. The number of aliphatic hydroxyl groups excluding tert-OH is 4. The second kappa shape index (κ2) is 19.4. The third kappa shape index (κ3) is 16.1. The number of aliphatic hydroxyl groups is 4. The van der Waals surface area contributed by atoms with E-state index in [1.165, 1.54) is 0 Å². The van der Waals surface area contributed by atoms with E-state index in [4.69, 9.17) is 19.3 Å². The molecule has 3 aliphatic rings. The Morgan fingerprint density at radius 1 is 0.543 bits per heavy atom. The fourth-order valence-electron chi connectivity index (χ4n) is 5.15. The van der Waals surface area contributed by atoms with Gasteiger partial charge in [-0.3, -0.25) is 72.9 Å². The van der Waals surface area contributed by atoms with Gasteiger partial charge in [0.05, 0.1) is 36.9 Å². The fraction of sp³-hybridized carbons (Fsp3) is 1.00. The van der Waals surface area contributed by atoms with Crippen molar-refractivity contribution >= 4 is 20.2 Å². The standard InChI is InChI=1S/C22H52N12O10S2/c35-11-15(37)9-25-19-29-17(23-5-7-45(39,40)41)31-21(33-19)27-13-1-2-14(4-3-13)28-22-32-18(24-6-8-46(42,43)44)30-20(34-22)26-10-16(38)12-36/h13-38H,1-12H2,(H,39,40,41)(H,42,43,44). The van der Waals surface area contributed by atoms with E-state index in [0.717, 1.165) is 25.7 Å². The average Bonchev–Trinajstić information content (AvgIpc) is 2.98. The number of hydrogen-bond acceptors (Lipinski definition) is 20. The van der Waals surface area contributed by atoms with Gasteiger partial charge in [-0.05, 0) is 25.7 Å². The van der Waals surface area contributed by atoms with Crippen molar-refractivity contribution in [3.05, 3.63) is 0 Å². The van der Waals surface area contributed by atoms with Gasteiger partial charge in [0.25, 0.3) is 20.2 Å². The van der Waals surface area contributed by atoms with E-state index in [-0.39, 0.29) is 38.3 Å². The monoisotopic (exact) mass is 708 g/mol. The van der Waals surface area contributed by atoms with Crippen LogP contribution in [0.15, 0.2) is 0 Å². The van der Waals surface area contributed by atoms with Gasteiger partial charge in [0.15, 0.2) is 0 Å². The summed E-state index contributed by atoms with van der Waals surface area (Å²) in [5, 5.41) is 76.0. The van der Waals surface area contributed by atoms with Crippen molar-refractivity contribution in [3.8, 4) is 0 Å². The van der Waals surface area contributed by atoms with Crippen molar-refractivity contribution in [2.45, 2.75) is 87.7 Å². The first-order valence-electron chi connectivity index (χ1n) is 15.2. The van der Waals surface area contributed by atoms with Gasteiger partial charge in [-0.2, -0.15) is 16.8 Å². The molecule has 1 saturated carbocycles. The van der Waals surface area contributed by atoms with E-state index < -0.39 is 94.9 Å². The minimum Gasteiger partial charge on any atom is -0.394 e. The van der Waals surface area contributed by atoms with Gasteiger partial charge < -0.3 is 20.4 Å². The summed E-state index contributed by atoms with van der Waals surface area (Å²) in [4.78, 5) is 0. The van der Waals surface area contributed by atoms with Crippen LogP contribution >= 0.6 is 0 Å². The molecule has 8 atom stereocenters. The van der Waals surface area contributed by atoms with E-state index in [1.54, 1.807) is 0 Å². The quantitative estimate of drug-likeness (QED) is 0.0522. The summed E-state index contributed by atoms with van der Waals surface area (Å²) < 4.78 is 62.5. The molecule has 24 heteroatoms. The van der Waals surface area contributed by atoms with Gasteiger partial charge in [0, 0.05) is 38.3 Å². The molecule has 8 unspecified atom stereocenters. The minimum absolute atomic E-state index is 0.0208. The zero-order valence-electron chi connectivity index (χ0n) is 25.4. The van der Waals surface area contributed by atoms with Crippen LogP contribution in [0.25, 0.3) is 0 Å². The topological polar surface area (TPSA) is 334 Å². The fourth-order valence-corrected chi connectivity index (χ4v) is 5.90. The molecule has 0 spiro atoms. The summed E-state index contributed by atoms with van der Waals surface area (Å²) in [7, 11) is -8.28. The van der Waals surface area contributed by atoms with Crippen molar-refractivity contribution in [2.75, 3.05) is 50.9 Å². The Morgan fingerprint density at radius 2 is 0.848 bits per heavy atom. The molecule has 46 heavy (non-hydrogen) atoms. The lowest BCUT2D eigenvalue weighted by Crippen LogP contribution is -2.78. The Balaban J connectivity index is 1.49. The third-order valence-corrected chi connectivity index (χ3v) is 8.93. The van der Waals surface area contributed by atoms with Gasteiger partial charge >= 0.3 is 0 Å². The highest BCUT2D eigenvalue weighted by Crippen LogP contribution is 2.19. The van der Waals surface area contributed by atoms with Crippen LogP contribution in [0.4, 0.5) is 0 Å². The van der Waals surface area contributed by atoms with E-state index >= 15 is 0 Å². The lowest BCUT2D eigenvalue weighted by molar-refractivity contribution is 0.0701. The first-order valence-corrected chi connectivity index (χ1v) is 18.4. The first-order chi connectivity index (χ1) is 21.7. The summed E-state index contributed by atoms with van der Waals surface area (Å²) in [5.74, 6) is -0.944. The van der Waals surface area contributed by atoms with Gasteiger partial charge in [0.2, 0.25) is 0 Å². The van der Waals surface area contributed by atoms with Crippen LogP contribution in [-0.2, 0) is 20.2 Å².